The lowest BCUT2D eigenvalue weighted by Gasteiger charge is -3.11. The Morgan fingerprint density at radius 2 is 1.00 bits per heavy atom. The van der Waals surface area contributed by atoms with E-state index in [4.69, 9.17) is 0 Å². The van der Waals surface area contributed by atoms with Crippen molar-refractivity contribution in [1.29, 1.82) is 0 Å². The van der Waals surface area contributed by atoms with Crippen molar-refractivity contribution in [3.63, 3.8) is 0 Å². The molecular formula is C18H22. The smallest absolute Gasteiger partial charge is 0.0144 e. The molecule has 0 N–H and O–H groups in total. The van der Waals surface area contributed by atoms with Crippen molar-refractivity contribution < 1.29 is 0 Å². The number of fused-ring (bicyclic) bond motifs is 4. The third-order valence-electron chi connectivity index (χ3n) is 11.9. The van der Waals surface area contributed by atoms with Gasteiger partial charge in [0.2, 0.25) is 0 Å². The predicted molar refractivity (Wildman–Crippen MR) is 67.5 cm³/mol. The number of hydrogen-bond acceptors (Lipinski definition) is 0. The zero-order valence-corrected chi connectivity index (χ0v) is 11.4. The first-order chi connectivity index (χ1) is 8.66. The fraction of sp³-hybridized carbons (Fsp3) is 1.00. The number of hydrogen-bond donors (Lipinski definition) is 0. The maximum atomic E-state index is 2.79. The summed E-state index contributed by atoms with van der Waals surface area (Å²) in [6.07, 6.45) is 6.68. The first kappa shape index (κ1) is 8.32. The molecule has 8 aliphatic rings. The van der Waals surface area contributed by atoms with Gasteiger partial charge in [-0.2, -0.15) is 0 Å². The Morgan fingerprint density at radius 3 is 1.39 bits per heavy atom. The van der Waals surface area contributed by atoms with Gasteiger partial charge in [0, 0.05) is 0 Å². The van der Waals surface area contributed by atoms with Gasteiger partial charge in [0.05, 0.1) is 0 Å². The van der Waals surface area contributed by atoms with Gasteiger partial charge in [-0.15, -0.1) is 0 Å². The number of rotatable bonds is 0. The van der Waals surface area contributed by atoms with Crippen LogP contribution in [0.5, 0.6) is 0 Å². The molecule has 94 valence electrons. The van der Waals surface area contributed by atoms with Crippen LogP contribution in [0.3, 0.4) is 0 Å². The van der Waals surface area contributed by atoms with Gasteiger partial charge in [-0.3, -0.25) is 0 Å². The van der Waals surface area contributed by atoms with E-state index in [1.165, 1.54) is 47.3 Å². The quantitative estimate of drug-likeness (QED) is 0.605. The molecule has 18 heavy (non-hydrogen) atoms. The molecular weight excluding hydrogens is 216 g/mol. The fourth-order valence-electron chi connectivity index (χ4n) is 12.3. The standard InChI is InChI=1S/C18H22/c1-15-13-11-5-7-3-9(17(7,11)15)10-4-8-6-12-14(13)16(15,2)18(8,10)12/h7-14H,3-6H2,1-2H3. The predicted octanol–water partition coefficient (Wildman–Crippen LogP) is 3.57. The van der Waals surface area contributed by atoms with Gasteiger partial charge in [0.15, 0.2) is 0 Å². The van der Waals surface area contributed by atoms with Gasteiger partial charge in [-0.1, -0.05) is 13.8 Å². The van der Waals surface area contributed by atoms with E-state index in [1.54, 1.807) is 25.7 Å². The molecule has 12 atom stereocenters. The van der Waals surface area contributed by atoms with Gasteiger partial charge >= 0.3 is 0 Å². The molecule has 8 aliphatic carbocycles. The fourth-order valence-corrected chi connectivity index (χ4v) is 12.3. The van der Waals surface area contributed by atoms with E-state index >= 15 is 0 Å². The molecule has 8 fully saturated rings. The van der Waals surface area contributed by atoms with Crippen LogP contribution in [0.25, 0.3) is 0 Å². The Kier molecular flexibility index (Phi) is 0.744. The Morgan fingerprint density at radius 1 is 0.611 bits per heavy atom. The summed E-state index contributed by atoms with van der Waals surface area (Å²) < 4.78 is 0. The van der Waals surface area contributed by atoms with Crippen LogP contribution in [-0.2, 0) is 0 Å². The second-order valence-electron chi connectivity index (χ2n) is 10.1. The Bertz CT molecular complexity index is 541. The highest BCUT2D eigenvalue weighted by Gasteiger charge is 3.07. The molecule has 0 aliphatic heterocycles. The average Bonchev–Trinajstić information content (AvgIpc) is 2.29. The van der Waals surface area contributed by atoms with Crippen molar-refractivity contribution in [2.75, 3.05) is 0 Å². The van der Waals surface area contributed by atoms with Crippen molar-refractivity contribution in [2.45, 2.75) is 39.5 Å². The lowest BCUT2D eigenvalue weighted by Crippen LogP contribution is -3.07. The molecule has 0 amide bonds. The highest BCUT2D eigenvalue weighted by Crippen LogP contribution is 3.11. The molecule has 0 bridgehead atoms. The minimum absolute atomic E-state index is 0.854. The minimum atomic E-state index is 0.854. The molecule has 0 aromatic heterocycles. The van der Waals surface area contributed by atoms with E-state index in [-0.39, 0.29) is 0 Å². The maximum absolute atomic E-state index is 2.79. The lowest BCUT2D eigenvalue weighted by atomic mass is 8.93. The van der Waals surface area contributed by atoms with Crippen LogP contribution in [0.4, 0.5) is 0 Å². The summed E-state index contributed by atoms with van der Waals surface area (Å²) in [4.78, 5) is 0. The van der Waals surface area contributed by atoms with Crippen molar-refractivity contribution in [3.05, 3.63) is 0 Å². The summed E-state index contributed by atoms with van der Waals surface area (Å²) in [6.45, 7) is 5.58. The third-order valence-corrected chi connectivity index (χ3v) is 11.9. The van der Waals surface area contributed by atoms with Gasteiger partial charge in [-0.05, 0) is 94.7 Å². The van der Waals surface area contributed by atoms with Gasteiger partial charge < -0.3 is 0 Å². The Balaban J connectivity index is 1.51. The van der Waals surface area contributed by atoms with Crippen molar-refractivity contribution in [3.8, 4) is 0 Å². The molecule has 2 spiro atoms. The largest absolute Gasteiger partial charge is 0.0582 e. The second kappa shape index (κ2) is 1.61. The maximum Gasteiger partial charge on any atom is -0.0144 e. The van der Waals surface area contributed by atoms with Crippen LogP contribution in [0, 0.1) is 69.0 Å². The third kappa shape index (κ3) is 0.314. The minimum Gasteiger partial charge on any atom is -0.0582 e. The summed E-state index contributed by atoms with van der Waals surface area (Å²) >= 11 is 0. The van der Waals surface area contributed by atoms with Gasteiger partial charge in [0.25, 0.3) is 0 Å². The Labute approximate surface area is 109 Å². The van der Waals surface area contributed by atoms with Crippen LogP contribution in [0.15, 0.2) is 0 Å². The van der Waals surface area contributed by atoms with E-state index in [9.17, 15) is 0 Å². The monoisotopic (exact) mass is 238 g/mol. The first-order valence-electron chi connectivity index (χ1n) is 8.66. The molecule has 0 aromatic carbocycles. The molecule has 8 saturated carbocycles. The van der Waals surface area contributed by atoms with Gasteiger partial charge in [-0.25, -0.2) is 0 Å². The van der Waals surface area contributed by atoms with Crippen LogP contribution in [0.2, 0.25) is 0 Å². The van der Waals surface area contributed by atoms with Crippen molar-refractivity contribution in [2.24, 2.45) is 69.0 Å². The van der Waals surface area contributed by atoms with E-state index in [1.807, 2.05) is 0 Å². The van der Waals surface area contributed by atoms with Crippen LogP contribution < -0.4 is 0 Å². The topological polar surface area (TPSA) is 0 Å². The molecule has 0 heteroatoms. The molecule has 0 heterocycles. The van der Waals surface area contributed by atoms with Crippen LogP contribution >= 0.6 is 0 Å². The van der Waals surface area contributed by atoms with Crippen LogP contribution in [-0.4, -0.2) is 0 Å². The van der Waals surface area contributed by atoms with E-state index < -0.39 is 0 Å². The van der Waals surface area contributed by atoms with E-state index in [2.05, 4.69) is 13.8 Å². The SMILES string of the molecule is CC12C3C4CC5CC(C6CC7CC8C3C1(C)C768)C542. The molecule has 0 nitrogen and oxygen atoms in total. The first-order valence-corrected chi connectivity index (χ1v) is 8.66. The molecule has 0 aromatic rings. The van der Waals surface area contributed by atoms with Gasteiger partial charge in [0.1, 0.15) is 0 Å². The van der Waals surface area contributed by atoms with E-state index in [0.29, 0.717) is 0 Å². The summed E-state index contributed by atoms with van der Waals surface area (Å²) in [7, 11) is 0. The zero-order chi connectivity index (χ0) is 11.4. The normalized spacial score (nSPS) is 96.3. The highest BCUT2D eigenvalue weighted by atomic mass is 15.1. The second-order valence-corrected chi connectivity index (χ2v) is 10.1. The summed E-state index contributed by atoms with van der Waals surface area (Å²) in [5.74, 6) is 9.81. The van der Waals surface area contributed by atoms with Crippen LogP contribution in [0.1, 0.15) is 39.5 Å². The van der Waals surface area contributed by atoms with Crippen molar-refractivity contribution >= 4 is 0 Å². The summed E-state index contributed by atoms with van der Waals surface area (Å²) in [5, 5.41) is 0. The summed E-state index contributed by atoms with van der Waals surface area (Å²) in [5.41, 5.74) is 3.61. The molecule has 12 unspecified atom stereocenters. The Hall–Kier alpha value is 0. The van der Waals surface area contributed by atoms with E-state index in [0.717, 1.165) is 21.7 Å². The molecule has 0 radical (unpaired) electrons. The van der Waals surface area contributed by atoms with Crippen molar-refractivity contribution in [1.82, 2.24) is 0 Å². The highest BCUT2D eigenvalue weighted by molar-refractivity contribution is 5.54. The summed E-state index contributed by atoms with van der Waals surface area (Å²) in [6, 6.07) is 0. The molecule has 0 saturated heterocycles. The zero-order valence-electron chi connectivity index (χ0n) is 11.4. The lowest BCUT2D eigenvalue weighted by molar-refractivity contribution is -0.643. The average molecular weight is 238 g/mol. The molecule has 8 rings (SSSR count).